The molecule has 0 radical (unpaired) electrons. The normalized spacial score (nSPS) is 31.5. The molecule has 1 aromatic rings. The smallest absolute Gasteiger partial charge is 0.365 e. The molecule has 3 amide bonds. The molecule has 0 aliphatic carbocycles. The van der Waals surface area contributed by atoms with Gasteiger partial charge in [0.2, 0.25) is 5.72 Å². The molecule has 4 N–H and O–H groups in total. The molecular formula is C14H22N8O7S. The Balaban J connectivity index is 1.40. The van der Waals surface area contributed by atoms with E-state index >= 15 is 0 Å². The van der Waals surface area contributed by atoms with E-state index in [1.54, 1.807) is 4.68 Å². The van der Waals surface area contributed by atoms with Crippen LogP contribution in [0, 0.1) is 5.92 Å². The van der Waals surface area contributed by atoms with E-state index in [4.69, 9.17) is 15.0 Å². The Hall–Kier alpha value is -2.40. The molecule has 4 atom stereocenters. The molecule has 4 heterocycles. The van der Waals surface area contributed by atoms with Gasteiger partial charge in [-0.2, -0.15) is 13.5 Å². The third-order valence-electron chi connectivity index (χ3n) is 5.63. The number of nitrogens with one attached hydrogen (secondary N) is 1. The van der Waals surface area contributed by atoms with E-state index in [0.717, 1.165) is 11.3 Å². The molecule has 0 aromatic carbocycles. The van der Waals surface area contributed by atoms with Crippen molar-refractivity contribution in [2.75, 3.05) is 19.7 Å². The van der Waals surface area contributed by atoms with Gasteiger partial charge in [-0.25, -0.2) is 9.48 Å². The minimum Gasteiger partial charge on any atom is -0.365 e. The molecule has 30 heavy (non-hydrogen) atoms. The molecule has 3 aliphatic heterocycles. The van der Waals surface area contributed by atoms with Crippen molar-refractivity contribution in [2.45, 2.75) is 43.6 Å². The zero-order valence-electron chi connectivity index (χ0n) is 15.8. The van der Waals surface area contributed by atoms with Gasteiger partial charge in [0.05, 0.1) is 12.6 Å². The Bertz CT molecular complexity index is 911. The maximum atomic E-state index is 12.6. The number of urea groups is 1. The van der Waals surface area contributed by atoms with E-state index in [2.05, 4.69) is 25.1 Å². The lowest BCUT2D eigenvalue weighted by Crippen LogP contribution is -2.62. The number of carbonyl (C=O) groups excluding carboxylic acids is 2. The standard InChI is InChI=1S/C14H22N8O7S/c15-12(23)14(2-1-11-6-21(14)13(24)22(11)29-30(25,26)27)28-7-10-3-9(4-16-10)5-20-8-17-18-19-20/h8-11,16H,1-7H2,(H2,15,23)(H,25,26,27)/t9-,10+,11?,14?/m1/s1. The van der Waals surface area contributed by atoms with Crippen molar-refractivity contribution in [3.63, 3.8) is 0 Å². The summed E-state index contributed by atoms with van der Waals surface area (Å²) in [7, 11) is -4.89. The molecule has 0 spiro atoms. The first-order chi connectivity index (χ1) is 14.2. The third-order valence-corrected chi connectivity index (χ3v) is 5.98. The van der Waals surface area contributed by atoms with Crippen molar-refractivity contribution in [3.8, 4) is 0 Å². The lowest BCUT2D eigenvalue weighted by atomic mass is 9.96. The fraction of sp³-hybridized carbons (Fsp3) is 0.786. The average molecular weight is 446 g/mol. The molecule has 3 fully saturated rings. The van der Waals surface area contributed by atoms with E-state index in [-0.39, 0.29) is 38.0 Å². The Morgan fingerprint density at radius 2 is 2.27 bits per heavy atom. The second-order valence-electron chi connectivity index (χ2n) is 7.61. The second kappa shape index (κ2) is 7.69. The van der Waals surface area contributed by atoms with Crippen LogP contribution in [0.15, 0.2) is 6.33 Å². The number of carbonyl (C=O) groups is 2. The van der Waals surface area contributed by atoms with Crippen LogP contribution in [0.4, 0.5) is 4.79 Å². The summed E-state index contributed by atoms with van der Waals surface area (Å²) in [5.41, 5.74) is 3.87. The minimum atomic E-state index is -4.89. The summed E-state index contributed by atoms with van der Waals surface area (Å²) in [5.74, 6) is -0.597. The lowest BCUT2D eigenvalue weighted by Gasteiger charge is -2.40. The third kappa shape index (κ3) is 3.95. The monoisotopic (exact) mass is 446 g/mol. The minimum absolute atomic E-state index is 0.0166. The number of fused-ring (bicyclic) bond motifs is 2. The first-order valence-electron chi connectivity index (χ1n) is 9.34. The molecule has 166 valence electrons. The van der Waals surface area contributed by atoms with Gasteiger partial charge in [-0.15, -0.1) is 9.38 Å². The number of hydroxylamine groups is 2. The number of rotatable bonds is 8. The van der Waals surface area contributed by atoms with Crippen molar-refractivity contribution < 1.29 is 31.6 Å². The quantitative estimate of drug-likeness (QED) is 0.357. The van der Waals surface area contributed by atoms with Crippen LogP contribution in [0.5, 0.6) is 0 Å². The highest BCUT2D eigenvalue weighted by molar-refractivity contribution is 7.80. The lowest BCUT2D eigenvalue weighted by molar-refractivity contribution is -0.175. The number of piperidine rings is 1. The Labute approximate surface area is 171 Å². The van der Waals surface area contributed by atoms with Crippen molar-refractivity contribution in [1.82, 2.24) is 35.5 Å². The van der Waals surface area contributed by atoms with Crippen LogP contribution in [0.1, 0.15) is 19.3 Å². The number of hydrogen-bond donors (Lipinski definition) is 3. The maximum absolute atomic E-state index is 12.6. The van der Waals surface area contributed by atoms with Crippen LogP contribution in [0.2, 0.25) is 0 Å². The fourth-order valence-corrected chi connectivity index (χ4v) is 4.64. The molecule has 0 saturated carbocycles. The number of hydrogen-bond acceptors (Lipinski definition) is 10. The van der Waals surface area contributed by atoms with E-state index < -0.39 is 34.1 Å². The first kappa shape index (κ1) is 20.9. The largest absolute Gasteiger partial charge is 0.418 e. The van der Waals surface area contributed by atoms with Crippen molar-refractivity contribution in [3.05, 3.63) is 6.33 Å². The van der Waals surface area contributed by atoms with Gasteiger partial charge < -0.3 is 15.8 Å². The molecule has 16 heteroatoms. The van der Waals surface area contributed by atoms with Gasteiger partial charge in [0.1, 0.15) is 6.33 Å². The van der Waals surface area contributed by atoms with Crippen molar-refractivity contribution in [1.29, 1.82) is 0 Å². The van der Waals surface area contributed by atoms with Crippen LogP contribution in [-0.4, -0.2) is 92.6 Å². The SMILES string of the molecule is NC(=O)C1(OC[C@@H]2C[C@@H](Cn3cnnn3)CN2)CCC2CN1C(=O)N2OS(=O)(=O)O. The van der Waals surface area contributed by atoms with Crippen LogP contribution >= 0.6 is 0 Å². The van der Waals surface area contributed by atoms with Gasteiger partial charge in [0.15, 0.2) is 0 Å². The zero-order valence-corrected chi connectivity index (χ0v) is 16.6. The number of aromatic nitrogens is 4. The summed E-state index contributed by atoms with van der Waals surface area (Å²) in [6.45, 7) is 1.43. The topological polar surface area (TPSA) is 195 Å². The molecular weight excluding hydrogens is 424 g/mol. The van der Waals surface area contributed by atoms with Gasteiger partial charge in [-0.05, 0) is 29.2 Å². The van der Waals surface area contributed by atoms with E-state index in [1.165, 1.54) is 6.33 Å². The van der Waals surface area contributed by atoms with Crippen LogP contribution in [-0.2, 0) is 30.8 Å². The maximum Gasteiger partial charge on any atom is 0.418 e. The summed E-state index contributed by atoms with van der Waals surface area (Å²) in [6, 6.07) is -1.64. The predicted octanol–water partition coefficient (Wildman–Crippen LogP) is -2.52. The zero-order chi connectivity index (χ0) is 21.5. The van der Waals surface area contributed by atoms with Crippen LogP contribution in [0.25, 0.3) is 0 Å². The fourth-order valence-electron chi connectivity index (χ4n) is 4.25. The number of primary amides is 1. The summed E-state index contributed by atoms with van der Waals surface area (Å²) in [6.07, 6.45) is 2.55. The predicted molar refractivity (Wildman–Crippen MR) is 95.2 cm³/mol. The average Bonchev–Trinajstić information content (AvgIpc) is 3.39. The summed E-state index contributed by atoms with van der Waals surface area (Å²) in [5, 5.41) is 14.9. The van der Waals surface area contributed by atoms with E-state index in [0.29, 0.717) is 18.2 Å². The highest BCUT2D eigenvalue weighted by Gasteiger charge is 2.58. The molecule has 2 bridgehead atoms. The second-order valence-corrected chi connectivity index (χ2v) is 8.62. The van der Waals surface area contributed by atoms with Gasteiger partial charge in [-0.3, -0.25) is 14.2 Å². The highest BCUT2D eigenvalue weighted by Crippen LogP contribution is 2.38. The Morgan fingerprint density at radius 1 is 1.47 bits per heavy atom. The van der Waals surface area contributed by atoms with Gasteiger partial charge in [0.25, 0.3) is 5.91 Å². The number of tetrazole rings is 1. The highest BCUT2D eigenvalue weighted by atomic mass is 32.3. The molecule has 3 aliphatic rings. The number of ether oxygens (including phenoxy) is 1. The van der Waals surface area contributed by atoms with Gasteiger partial charge >= 0.3 is 16.4 Å². The summed E-state index contributed by atoms with van der Waals surface area (Å²) < 4.78 is 42.9. The molecule has 2 unspecified atom stereocenters. The van der Waals surface area contributed by atoms with Gasteiger partial charge in [-0.1, -0.05) is 0 Å². The van der Waals surface area contributed by atoms with E-state index in [9.17, 15) is 18.0 Å². The number of nitrogens with zero attached hydrogens (tertiary/aromatic N) is 6. The molecule has 3 saturated heterocycles. The molecule has 15 nitrogen and oxygen atoms in total. The number of amides is 3. The first-order valence-corrected chi connectivity index (χ1v) is 10.7. The van der Waals surface area contributed by atoms with E-state index in [1.807, 2.05) is 0 Å². The summed E-state index contributed by atoms with van der Waals surface area (Å²) in [4.78, 5) is 26.0. The van der Waals surface area contributed by atoms with Crippen LogP contribution in [0.3, 0.4) is 0 Å². The van der Waals surface area contributed by atoms with Crippen LogP contribution < -0.4 is 11.1 Å². The Kier molecular flexibility index (Phi) is 5.35. The van der Waals surface area contributed by atoms with Crippen molar-refractivity contribution in [2.24, 2.45) is 11.7 Å². The van der Waals surface area contributed by atoms with Crippen molar-refractivity contribution >= 4 is 22.3 Å². The summed E-state index contributed by atoms with van der Waals surface area (Å²) >= 11 is 0. The van der Waals surface area contributed by atoms with Gasteiger partial charge in [0, 0.05) is 32.1 Å². The molecule has 1 aromatic heterocycles. The number of nitrogens with two attached hydrogens (primary N) is 1. The Morgan fingerprint density at radius 3 is 2.93 bits per heavy atom. The molecule has 4 rings (SSSR count).